The number of amides is 1. The highest BCUT2D eigenvalue weighted by Gasteiger charge is 2.29. The zero-order chi connectivity index (χ0) is 21.0. The first kappa shape index (κ1) is 21.7. The molecule has 0 aliphatic carbocycles. The fourth-order valence-corrected chi connectivity index (χ4v) is 4.25. The predicted octanol–water partition coefficient (Wildman–Crippen LogP) is 5.64. The molecule has 0 atom stereocenters. The third-order valence-corrected chi connectivity index (χ3v) is 5.97. The van der Waals surface area contributed by atoms with Gasteiger partial charge in [-0.25, -0.2) is 0 Å². The predicted molar refractivity (Wildman–Crippen MR) is 124 cm³/mol. The van der Waals surface area contributed by atoms with E-state index in [1.54, 1.807) is 25.3 Å². The number of carbonyl (C=O) groups is 1. The van der Waals surface area contributed by atoms with E-state index in [0.717, 1.165) is 17.7 Å². The Balaban J connectivity index is 1.60. The van der Waals surface area contributed by atoms with Gasteiger partial charge >= 0.3 is 0 Å². The molecule has 3 rings (SSSR count). The summed E-state index contributed by atoms with van der Waals surface area (Å²) in [6, 6.07) is 11.5. The standard InChI is InChI=1S/C22H22ClNO3S2/c1-14-9-15(2)11-18(10-14)26-7-4-8-27-19-6-5-17(23)12-16(19)13-20-21(25)24(3)22(28)29-20/h5-6,9-13H,4,7-8H2,1-3H3. The van der Waals surface area contributed by atoms with E-state index in [4.69, 9.17) is 33.3 Å². The van der Waals surface area contributed by atoms with Crippen LogP contribution in [0.25, 0.3) is 6.08 Å². The van der Waals surface area contributed by atoms with Crippen molar-refractivity contribution in [1.29, 1.82) is 0 Å². The lowest BCUT2D eigenvalue weighted by Crippen LogP contribution is -2.22. The van der Waals surface area contributed by atoms with Crippen molar-refractivity contribution >= 4 is 51.9 Å². The molecule has 1 saturated heterocycles. The van der Waals surface area contributed by atoms with Crippen molar-refractivity contribution < 1.29 is 14.3 Å². The second-order valence-corrected chi connectivity index (χ2v) is 8.91. The summed E-state index contributed by atoms with van der Waals surface area (Å²) >= 11 is 12.6. The van der Waals surface area contributed by atoms with Gasteiger partial charge in [-0.1, -0.05) is 41.6 Å². The number of thiocarbonyl (C=S) groups is 1. The highest BCUT2D eigenvalue weighted by atomic mass is 35.5. The first-order chi connectivity index (χ1) is 13.8. The first-order valence-electron chi connectivity index (χ1n) is 9.18. The quantitative estimate of drug-likeness (QED) is 0.312. The van der Waals surface area contributed by atoms with Gasteiger partial charge in [0.1, 0.15) is 15.8 Å². The Labute approximate surface area is 185 Å². The zero-order valence-corrected chi connectivity index (χ0v) is 18.9. The normalized spacial score (nSPS) is 15.3. The molecule has 0 radical (unpaired) electrons. The van der Waals surface area contributed by atoms with Gasteiger partial charge in [-0.2, -0.15) is 0 Å². The number of hydrogen-bond donors (Lipinski definition) is 0. The van der Waals surface area contributed by atoms with Crippen LogP contribution >= 0.6 is 35.6 Å². The van der Waals surface area contributed by atoms with Gasteiger partial charge in [0.05, 0.1) is 18.1 Å². The van der Waals surface area contributed by atoms with Crippen molar-refractivity contribution in [3.8, 4) is 11.5 Å². The third-order valence-electron chi connectivity index (χ3n) is 4.26. The van der Waals surface area contributed by atoms with Gasteiger partial charge in [0.15, 0.2) is 0 Å². The van der Waals surface area contributed by atoms with Crippen LogP contribution in [0.4, 0.5) is 0 Å². The van der Waals surface area contributed by atoms with Gasteiger partial charge in [-0.15, -0.1) is 0 Å². The molecule has 2 aromatic carbocycles. The van der Waals surface area contributed by atoms with E-state index in [1.807, 2.05) is 18.2 Å². The highest BCUT2D eigenvalue weighted by Crippen LogP contribution is 2.34. The van der Waals surface area contributed by atoms with Crippen LogP contribution < -0.4 is 9.47 Å². The number of nitrogens with zero attached hydrogens (tertiary/aromatic N) is 1. The Hall–Kier alpha value is -2.02. The summed E-state index contributed by atoms with van der Waals surface area (Å²) < 4.78 is 12.3. The Morgan fingerprint density at radius 1 is 1.10 bits per heavy atom. The monoisotopic (exact) mass is 447 g/mol. The Kier molecular flexibility index (Phi) is 7.22. The summed E-state index contributed by atoms with van der Waals surface area (Å²) in [4.78, 5) is 14.3. The van der Waals surface area contributed by atoms with Gasteiger partial charge in [-0.3, -0.25) is 9.69 Å². The van der Waals surface area contributed by atoms with Crippen LogP contribution in [0, 0.1) is 13.8 Å². The Morgan fingerprint density at radius 2 is 1.79 bits per heavy atom. The summed E-state index contributed by atoms with van der Waals surface area (Å²) in [7, 11) is 1.67. The number of rotatable bonds is 7. The molecule has 0 spiro atoms. The van der Waals surface area contributed by atoms with E-state index >= 15 is 0 Å². The van der Waals surface area contributed by atoms with E-state index in [2.05, 4.69) is 19.9 Å². The van der Waals surface area contributed by atoms with Crippen LogP contribution in [0.1, 0.15) is 23.1 Å². The summed E-state index contributed by atoms with van der Waals surface area (Å²) in [5.41, 5.74) is 3.11. The molecule has 1 fully saturated rings. The minimum Gasteiger partial charge on any atom is -0.493 e. The molecule has 0 bridgehead atoms. The maximum atomic E-state index is 12.3. The van der Waals surface area contributed by atoms with Gasteiger partial charge in [0.2, 0.25) is 0 Å². The second-order valence-electron chi connectivity index (χ2n) is 6.80. The van der Waals surface area contributed by atoms with Gasteiger partial charge in [0, 0.05) is 24.1 Å². The lowest BCUT2D eigenvalue weighted by atomic mass is 10.1. The summed E-state index contributed by atoms with van der Waals surface area (Å²) in [6.45, 7) is 5.15. The molecular weight excluding hydrogens is 426 g/mol. The number of carbonyl (C=O) groups excluding carboxylic acids is 1. The molecular formula is C22H22ClNO3S2. The average molecular weight is 448 g/mol. The first-order valence-corrected chi connectivity index (χ1v) is 10.8. The smallest absolute Gasteiger partial charge is 0.265 e. The molecule has 4 nitrogen and oxygen atoms in total. The van der Waals surface area contributed by atoms with Gasteiger partial charge < -0.3 is 9.47 Å². The van der Waals surface area contributed by atoms with Crippen LogP contribution in [-0.2, 0) is 4.79 Å². The molecule has 0 saturated carbocycles. The van der Waals surface area contributed by atoms with E-state index in [1.165, 1.54) is 27.8 Å². The number of ether oxygens (including phenoxy) is 2. The lowest BCUT2D eigenvalue weighted by molar-refractivity contribution is -0.121. The van der Waals surface area contributed by atoms with Crippen LogP contribution in [0.5, 0.6) is 11.5 Å². The second kappa shape index (κ2) is 9.65. The number of benzene rings is 2. The van der Waals surface area contributed by atoms with E-state index < -0.39 is 0 Å². The molecule has 1 amide bonds. The maximum Gasteiger partial charge on any atom is 0.265 e. The van der Waals surface area contributed by atoms with Crippen molar-refractivity contribution in [3.63, 3.8) is 0 Å². The van der Waals surface area contributed by atoms with Crippen molar-refractivity contribution in [2.24, 2.45) is 0 Å². The maximum absolute atomic E-state index is 12.3. The highest BCUT2D eigenvalue weighted by molar-refractivity contribution is 8.26. The Morgan fingerprint density at radius 3 is 2.45 bits per heavy atom. The van der Waals surface area contributed by atoms with Crippen LogP contribution in [0.2, 0.25) is 5.02 Å². The van der Waals surface area contributed by atoms with Crippen molar-refractivity contribution in [2.45, 2.75) is 20.3 Å². The molecule has 1 heterocycles. The molecule has 1 aliphatic rings. The van der Waals surface area contributed by atoms with Crippen LogP contribution in [-0.4, -0.2) is 35.4 Å². The summed E-state index contributed by atoms with van der Waals surface area (Å²) in [5.74, 6) is 1.42. The number of halogens is 1. The van der Waals surface area contributed by atoms with Crippen molar-refractivity contribution in [2.75, 3.05) is 20.3 Å². The molecule has 0 N–H and O–H groups in total. The summed E-state index contributed by atoms with van der Waals surface area (Å²) in [5, 5.41) is 0.578. The van der Waals surface area contributed by atoms with E-state index in [0.29, 0.717) is 33.2 Å². The largest absolute Gasteiger partial charge is 0.493 e. The molecule has 29 heavy (non-hydrogen) atoms. The van der Waals surface area contributed by atoms with Gasteiger partial charge in [-0.05, 0) is 61.4 Å². The van der Waals surface area contributed by atoms with Crippen LogP contribution in [0.15, 0.2) is 41.3 Å². The molecule has 2 aromatic rings. The minimum absolute atomic E-state index is 0.118. The van der Waals surface area contributed by atoms with Crippen LogP contribution in [0.3, 0.4) is 0 Å². The molecule has 152 valence electrons. The number of aryl methyl sites for hydroxylation is 2. The molecule has 0 unspecified atom stereocenters. The minimum atomic E-state index is -0.118. The zero-order valence-electron chi connectivity index (χ0n) is 16.5. The topological polar surface area (TPSA) is 38.8 Å². The van der Waals surface area contributed by atoms with E-state index in [9.17, 15) is 4.79 Å². The fourth-order valence-electron chi connectivity index (χ4n) is 2.90. The fraction of sp³-hybridized carbons (Fsp3) is 0.273. The average Bonchev–Trinajstić information content (AvgIpc) is 2.89. The molecule has 7 heteroatoms. The molecule has 0 aromatic heterocycles. The SMILES string of the molecule is Cc1cc(C)cc(OCCCOc2ccc(Cl)cc2C=C2SC(=S)N(C)C2=O)c1. The van der Waals surface area contributed by atoms with Crippen molar-refractivity contribution in [3.05, 3.63) is 63.0 Å². The van der Waals surface area contributed by atoms with E-state index in [-0.39, 0.29) is 5.91 Å². The lowest BCUT2D eigenvalue weighted by Gasteiger charge is -2.11. The third kappa shape index (κ3) is 5.75. The number of thioether (sulfide) groups is 1. The van der Waals surface area contributed by atoms with Gasteiger partial charge in [0.25, 0.3) is 5.91 Å². The number of likely N-dealkylation sites (N-methyl/N-ethyl adjacent to an activating group) is 1. The van der Waals surface area contributed by atoms with Crippen molar-refractivity contribution in [1.82, 2.24) is 4.90 Å². The molecule has 1 aliphatic heterocycles. The Bertz CT molecular complexity index is 954. The number of hydrogen-bond acceptors (Lipinski definition) is 5. The summed E-state index contributed by atoms with van der Waals surface area (Å²) in [6.07, 6.45) is 2.50.